The number of H-pyrrole nitrogens is 1. The van der Waals surface area contributed by atoms with Crippen LogP contribution >= 0.6 is 0 Å². The first-order valence-corrected chi connectivity index (χ1v) is 16.3. The molecule has 4 heterocycles. The van der Waals surface area contributed by atoms with Gasteiger partial charge in [-0.15, -0.1) is 0 Å². The Bertz CT molecular complexity index is 2240. The van der Waals surface area contributed by atoms with Crippen molar-refractivity contribution in [3.63, 3.8) is 0 Å². The minimum atomic E-state index is -4.16. The van der Waals surface area contributed by atoms with E-state index in [0.717, 1.165) is 51.5 Å². The fourth-order valence-electron chi connectivity index (χ4n) is 5.82. The third-order valence-electron chi connectivity index (χ3n) is 8.38. The van der Waals surface area contributed by atoms with E-state index in [0.29, 0.717) is 16.6 Å². The first-order chi connectivity index (χ1) is 21.6. The van der Waals surface area contributed by atoms with E-state index in [-0.39, 0.29) is 27.9 Å². The van der Waals surface area contributed by atoms with Crippen LogP contribution in [0.4, 0.5) is 5.82 Å². The summed E-state index contributed by atoms with van der Waals surface area (Å²) in [6, 6.07) is 21.1. The molecular formula is C34H33N7O3S. The van der Waals surface area contributed by atoms with Crippen LogP contribution in [0, 0.1) is 0 Å². The lowest BCUT2D eigenvalue weighted by molar-refractivity contribution is 0.103. The number of fused-ring (bicyclic) bond motifs is 2. The molecular weight excluding hydrogens is 586 g/mol. The van der Waals surface area contributed by atoms with Gasteiger partial charge in [0.25, 0.3) is 10.0 Å². The molecule has 1 aliphatic rings. The number of aromatic nitrogens is 5. The third-order valence-corrected chi connectivity index (χ3v) is 10.1. The molecule has 6 aromatic rings. The van der Waals surface area contributed by atoms with Crippen LogP contribution in [0.5, 0.6) is 0 Å². The first kappa shape index (κ1) is 28.8. The summed E-state index contributed by atoms with van der Waals surface area (Å²) >= 11 is 0. The maximum Gasteiger partial charge on any atom is 0.268 e. The number of carbonyl (C=O) groups is 1. The third kappa shape index (κ3) is 4.94. The van der Waals surface area contributed by atoms with Crippen molar-refractivity contribution in [1.82, 2.24) is 28.6 Å². The molecule has 0 saturated carbocycles. The highest BCUT2D eigenvalue weighted by Gasteiger charge is 2.29. The number of imidazole rings is 1. The highest BCUT2D eigenvalue weighted by molar-refractivity contribution is 7.90. The second-order valence-electron chi connectivity index (χ2n) is 11.8. The summed E-state index contributed by atoms with van der Waals surface area (Å²) in [5.74, 6) is 0.665. The predicted molar refractivity (Wildman–Crippen MR) is 176 cm³/mol. The molecule has 10 nitrogen and oxygen atoms in total. The quantitative estimate of drug-likeness (QED) is 0.223. The molecule has 0 bridgehead atoms. The van der Waals surface area contributed by atoms with Crippen LogP contribution in [0.25, 0.3) is 33.2 Å². The zero-order valence-electron chi connectivity index (χ0n) is 25.2. The lowest BCUT2D eigenvalue weighted by Gasteiger charge is -2.22. The molecule has 0 spiro atoms. The second-order valence-corrected chi connectivity index (χ2v) is 13.6. The number of likely N-dealkylation sites (N-methyl/N-ethyl adjacent to an activating group) is 1. The number of nitrogen functional groups attached to an aromatic ring is 1. The van der Waals surface area contributed by atoms with Crippen LogP contribution in [0.1, 0.15) is 53.6 Å². The number of carbonyl (C=O) groups excluding carboxylic acids is 1. The van der Waals surface area contributed by atoms with Crippen molar-refractivity contribution in [2.24, 2.45) is 0 Å². The van der Waals surface area contributed by atoms with E-state index in [2.05, 4.69) is 46.9 Å². The molecule has 11 heteroatoms. The summed E-state index contributed by atoms with van der Waals surface area (Å²) < 4.78 is 31.1. The molecule has 0 atom stereocenters. The fourth-order valence-corrected chi connectivity index (χ4v) is 7.35. The maximum absolute atomic E-state index is 14.2. The minimum absolute atomic E-state index is 0.0137. The lowest BCUT2D eigenvalue weighted by Crippen LogP contribution is -2.23. The Morgan fingerprint density at radius 2 is 1.82 bits per heavy atom. The molecule has 3 aromatic carbocycles. The minimum Gasteiger partial charge on any atom is -0.383 e. The standard InChI is InChI=1S/C34H33N7O3S/c1-21(2)34-37-28-12-11-25(19-29(28)38-34)40-33(35)27(20-36-40)32(42)31-18-24-10-9-23(22-13-15-39(3)16-14-22)17-30(24)41(31)45(43,44)26-7-5-4-6-8-26/h4-13,17-21H,14-16,35H2,1-3H3,(H,37,38). The van der Waals surface area contributed by atoms with Crippen molar-refractivity contribution >= 4 is 49.1 Å². The van der Waals surface area contributed by atoms with Crippen LogP contribution < -0.4 is 5.73 Å². The maximum atomic E-state index is 14.2. The topological polar surface area (TPSA) is 132 Å². The van der Waals surface area contributed by atoms with Crippen LogP contribution in [0.3, 0.4) is 0 Å². The number of aromatic amines is 1. The van der Waals surface area contributed by atoms with Crippen molar-refractivity contribution in [1.29, 1.82) is 0 Å². The van der Waals surface area contributed by atoms with Crippen molar-refractivity contribution in [3.05, 3.63) is 108 Å². The zero-order valence-corrected chi connectivity index (χ0v) is 26.0. The monoisotopic (exact) mass is 619 g/mol. The molecule has 0 saturated heterocycles. The summed E-state index contributed by atoms with van der Waals surface area (Å²) in [6.07, 6.45) is 4.40. The predicted octanol–water partition coefficient (Wildman–Crippen LogP) is 5.60. The summed E-state index contributed by atoms with van der Waals surface area (Å²) in [5, 5.41) is 5.06. The van der Waals surface area contributed by atoms with Crippen molar-refractivity contribution in [2.45, 2.75) is 31.1 Å². The number of nitrogens with zero attached hydrogens (tertiary/aromatic N) is 5. The van der Waals surface area contributed by atoms with Gasteiger partial charge in [-0.05, 0) is 67.1 Å². The summed E-state index contributed by atoms with van der Waals surface area (Å²) in [5.41, 5.74) is 11.4. The average Bonchev–Trinajstić information content (AvgIpc) is 3.76. The van der Waals surface area contributed by atoms with Gasteiger partial charge in [-0.1, -0.05) is 50.3 Å². The van der Waals surface area contributed by atoms with Crippen LogP contribution in [-0.2, 0) is 10.0 Å². The van der Waals surface area contributed by atoms with Gasteiger partial charge in [0.15, 0.2) is 0 Å². The molecule has 0 amide bonds. The number of benzene rings is 3. The number of anilines is 1. The van der Waals surface area contributed by atoms with E-state index >= 15 is 0 Å². The zero-order chi connectivity index (χ0) is 31.5. The second kappa shape index (κ2) is 10.9. The molecule has 3 N–H and O–H groups in total. The molecule has 7 rings (SSSR count). The van der Waals surface area contributed by atoms with Crippen molar-refractivity contribution < 1.29 is 13.2 Å². The summed E-state index contributed by atoms with van der Waals surface area (Å²) in [4.78, 5) is 24.5. The van der Waals surface area contributed by atoms with Crippen LogP contribution in [0.15, 0.2) is 90.0 Å². The first-order valence-electron chi connectivity index (χ1n) is 14.8. The highest BCUT2D eigenvalue weighted by Crippen LogP contribution is 2.32. The Kier molecular flexibility index (Phi) is 6.94. The highest BCUT2D eigenvalue weighted by atomic mass is 32.2. The van der Waals surface area contributed by atoms with Crippen molar-refractivity contribution in [3.8, 4) is 5.69 Å². The number of nitrogens with two attached hydrogens (primary N) is 1. The van der Waals surface area contributed by atoms with Gasteiger partial charge in [-0.2, -0.15) is 5.10 Å². The molecule has 0 unspecified atom stereocenters. The summed E-state index contributed by atoms with van der Waals surface area (Å²) in [7, 11) is -2.09. The van der Waals surface area contributed by atoms with Gasteiger partial charge in [0, 0.05) is 24.4 Å². The van der Waals surface area contributed by atoms with Gasteiger partial charge in [0.1, 0.15) is 17.3 Å². The Labute approximate surface area is 260 Å². The van der Waals surface area contributed by atoms with Gasteiger partial charge < -0.3 is 15.6 Å². The normalized spacial score (nSPS) is 14.4. The van der Waals surface area contributed by atoms with Gasteiger partial charge in [-0.3, -0.25) is 4.79 Å². The fraction of sp³-hybridized carbons (Fsp3) is 0.206. The Morgan fingerprint density at radius 3 is 2.56 bits per heavy atom. The SMILES string of the molecule is CC(C)c1nc2ccc(-n3ncc(C(=O)c4cc5ccc(C6=CCN(C)CC6)cc5n4S(=O)(=O)c4ccccc4)c3N)cc2[nH]1. The summed E-state index contributed by atoms with van der Waals surface area (Å²) in [6.45, 7) is 5.85. The number of ketones is 1. The molecule has 0 fully saturated rings. The Balaban J connectivity index is 1.35. The van der Waals surface area contributed by atoms with Gasteiger partial charge in [0.05, 0.1) is 38.9 Å². The molecule has 0 radical (unpaired) electrons. The molecule has 228 valence electrons. The Hall–Kier alpha value is -5.00. The van der Waals surface area contributed by atoms with E-state index < -0.39 is 15.8 Å². The van der Waals surface area contributed by atoms with Gasteiger partial charge >= 0.3 is 0 Å². The van der Waals surface area contributed by atoms with E-state index in [4.69, 9.17) is 5.73 Å². The number of hydrogen-bond donors (Lipinski definition) is 2. The molecule has 1 aliphatic heterocycles. The van der Waals surface area contributed by atoms with E-state index in [9.17, 15) is 13.2 Å². The van der Waals surface area contributed by atoms with E-state index in [1.807, 2.05) is 36.4 Å². The average molecular weight is 620 g/mol. The molecule has 0 aliphatic carbocycles. The smallest absolute Gasteiger partial charge is 0.268 e. The molecule has 3 aromatic heterocycles. The molecule has 45 heavy (non-hydrogen) atoms. The number of nitrogens with one attached hydrogen (secondary N) is 1. The van der Waals surface area contributed by atoms with Gasteiger partial charge in [0.2, 0.25) is 5.78 Å². The number of hydrogen-bond acceptors (Lipinski definition) is 7. The van der Waals surface area contributed by atoms with Gasteiger partial charge in [-0.25, -0.2) is 22.1 Å². The van der Waals surface area contributed by atoms with Crippen LogP contribution in [0.2, 0.25) is 0 Å². The van der Waals surface area contributed by atoms with Crippen LogP contribution in [-0.4, -0.2) is 63.0 Å². The van der Waals surface area contributed by atoms with E-state index in [1.54, 1.807) is 24.3 Å². The van der Waals surface area contributed by atoms with Crippen molar-refractivity contribution in [2.75, 3.05) is 25.9 Å². The number of rotatable bonds is 7. The lowest BCUT2D eigenvalue weighted by atomic mass is 9.99. The Morgan fingerprint density at radius 1 is 1.02 bits per heavy atom. The van der Waals surface area contributed by atoms with E-state index in [1.165, 1.54) is 23.0 Å². The largest absolute Gasteiger partial charge is 0.383 e.